The first kappa shape index (κ1) is 14.3. The van der Waals surface area contributed by atoms with E-state index in [1.54, 1.807) is 0 Å². The van der Waals surface area contributed by atoms with Crippen LogP contribution in [-0.4, -0.2) is 11.9 Å². The van der Waals surface area contributed by atoms with Gasteiger partial charge in [0.1, 0.15) is 0 Å². The molecule has 1 atom stereocenters. The molecule has 0 saturated carbocycles. The highest BCUT2D eigenvalue weighted by Gasteiger charge is 2.09. The zero-order valence-electron chi connectivity index (χ0n) is 11.0. The molecule has 0 amide bonds. The Morgan fingerprint density at radius 3 is 2.16 bits per heavy atom. The number of hydrogen-bond donors (Lipinski definition) is 0. The van der Waals surface area contributed by atoms with Crippen LogP contribution in [0.15, 0.2) is 60.7 Å². The molecular formula is C17H19BrO. The van der Waals surface area contributed by atoms with E-state index >= 15 is 0 Å². The van der Waals surface area contributed by atoms with E-state index in [0.717, 1.165) is 24.8 Å². The third-order valence-electron chi connectivity index (χ3n) is 3.08. The van der Waals surface area contributed by atoms with Gasteiger partial charge in [0.15, 0.2) is 0 Å². The highest BCUT2D eigenvalue weighted by atomic mass is 79.9. The second-order valence-corrected chi connectivity index (χ2v) is 5.16. The quantitative estimate of drug-likeness (QED) is 0.527. The Hall–Kier alpha value is -1.12. The monoisotopic (exact) mass is 318 g/mol. The number of alkyl halides is 1. The summed E-state index contributed by atoms with van der Waals surface area (Å²) in [5.74, 6) is 0. The third kappa shape index (κ3) is 4.81. The van der Waals surface area contributed by atoms with E-state index in [-0.39, 0.29) is 6.10 Å². The van der Waals surface area contributed by atoms with E-state index in [1.807, 2.05) is 6.07 Å². The van der Waals surface area contributed by atoms with Gasteiger partial charge < -0.3 is 4.74 Å². The lowest BCUT2D eigenvalue weighted by Gasteiger charge is -2.15. The van der Waals surface area contributed by atoms with Crippen molar-refractivity contribution in [1.29, 1.82) is 0 Å². The van der Waals surface area contributed by atoms with E-state index in [4.69, 9.17) is 4.74 Å². The van der Waals surface area contributed by atoms with E-state index in [2.05, 4.69) is 70.5 Å². The van der Waals surface area contributed by atoms with Gasteiger partial charge in [-0.25, -0.2) is 0 Å². The van der Waals surface area contributed by atoms with Crippen LogP contribution in [0.2, 0.25) is 0 Å². The molecule has 0 aromatic heterocycles. The summed E-state index contributed by atoms with van der Waals surface area (Å²) < 4.78 is 5.95. The van der Waals surface area contributed by atoms with Crippen molar-refractivity contribution in [2.24, 2.45) is 0 Å². The standard InChI is InChI=1S/C17H19BrO/c18-14-17(16-11-5-2-6-12-16)19-13-7-10-15-8-3-1-4-9-15/h1-6,8-9,11-12,17H,7,10,13-14H2. The number of ether oxygens (including phenoxy) is 1. The van der Waals surface area contributed by atoms with Crippen LogP contribution >= 0.6 is 15.9 Å². The van der Waals surface area contributed by atoms with Crippen molar-refractivity contribution in [1.82, 2.24) is 0 Å². The highest BCUT2D eigenvalue weighted by Crippen LogP contribution is 2.19. The van der Waals surface area contributed by atoms with Gasteiger partial charge in [-0.3, -0.25) is 0 Å². The average Bonchev–Trinajstić information content (AvgIpc) is 2.49. The Morgan fingerprint density at radius 1 is 0.895 bits per heavy atom. The van der Waals surface area contributed by atoms with Gasteiger partial charge in [-0.1, -0.05) is 76.6 Å². The molecule has 1 unspecified atom stereocenters. The third-order valence-corrected chi connectivity index (χ3v) is 3.67. The van der Waals surface area contributed by atoms with Crippen molar-refractivity contribution in [2.75, 3.05) is 11.9 Å². The molecule has 0 N–H and O–H groups in total. The maximum Gasteiger partial charge on any atom is 0.0921 e. The maximum atomic E-state index is 5.95. The van der Waals surface area contributed by atoms with Gasteiger partial charge in [-0.05, 0) is 24.0 Å². The lowest BCUT2D eigenvalue weighted by atomic mass is 10.1. The summed E-state index contributed by atoms with van der Waals surface area (Å²) in [5.41, 5.74) is 2.61. The molecule has 0 aliphatic heterocycles. The number of halogens is 1. The molecule has 0 spiro atoms. The summed E-state index contributed by atoms with van der Waals surface area (Å²) in [6.07, 6.45) is 2.28. The minimum atomic E-state index is 0.150. The summed E-state index contributed by atoms with van der Waals surface area (Å²) in [6.45, 7) is 0.792. The van der Waals surface area contributed by atoms with Crippen LogP contribution < -0.4 is 0 Å². The normalized spacial score (nSPS) is 12.3. The van der Waals surface area contributed by atoms with Gasteiger partial charge >= 0.3 is 0 Å². The van der Waals surface area contributed by atoms with Crippen molar-refractivity contribution in [3.05, 3.63) is 71.8 Å². The molecule has 0 fully saturated rings. The second-order valence-electron chi connectivity index (χ2n) is 4.51. The van der Waals surface area contributed by atoms with Crippen LogP contribution in [0.5, 0.6) is 0 Å². The summed E-state index contributed by atoms with van der Waals surface area (Å²) in [4.78, 5) is 0. The van der Waals surface area contributed by atoms with Crippen molar-refractivity contribution in [3.8, 4) is 0 Å². The lowest BCUT2D eigenvalue weighted by molar-refractivity contribution is 0.0682. The second kappa shape index (κ2) is 8.13. The Bertz CT molecular complexity index is 455. The minimum Gasteiger partial charge on any atom is -0.373 e. The van der Waals surface area contributed by atoms with Gasteiger partial charge in [0.2, 0.25) is 0 Å². The molecule has 2 aromatic rings. The number of benzene rings is 2. The number of rotatable bonds is 7. The van der Waals surface area contributed by atoms with E-state index < -0.39 is 0 Å². The first-order chi connectivity index (χ1) is 9.40. The van der Waals surface area contributed by atoms with Crippen molar-refractivity contribution in [2.45, 2.75) is 18.9 Å². The maximum absolute atomic E-state index is 5.95. The first-order valence-corrected chi connectivity index (χ1v) is 7.78. The highest BCUT2D eigenvalue weighted by molar-refractivity contribution is 9.09. The van der Waals surface area contributed by atoms with Gasteiger partial charge in [0, 0.05) is 11.9 Å². The fourth-order valence-corrected chi connectivity index (χ4v) is 2.60. The molecule has 0 aliphatic carbocycles. The predicted octanol–water partition coefficient (Wildman–Crippen LogP) is 4.77. The molecule has 0 saturated heterocycles. The number of aryl methyl sites for hydroxylation is 1. The van der Waals surface area contributed by atoms with Crippen molar-refractivity contribution < 1.29 is 4.74 Å². The topological polar surface area (TPSA) is 9.23 Å². The molecule has 1 nitrogen and oxygen atoms in total. The van der Waals surface area contributed by atoms with Crippen LogP contribution in [0.3, 0.4) is 0 Å². The van der Waals surface area contributed by atoms with Gasteiger partial charge in [0.25, 0.3) is 0 Å². The molecule has 100 valence electrons. The largest absolute Gasteiger partial charge is 0.373 e. The molecule has 0 heterocycles. The SMILES string of the molecule is BrCC(OCCCc1ccccc1)c1ccccc1. The summed E-state index contributed by atoms with van der Waals surface area (Å²) >= 11 is 3.52. The smallest absolute Gasteiger partial charge is 0.0921 e. The minimum absolute atomic E-state index is 0.150. The molecular weight excluding hydrogens is 300 g/mol. The molecule has 2 heteroatoms. The lowest BCUT2D eigenvalue weighted by Crippen LogP contribution is -2.07. The summed E-state index contributed by atoms with van der Waals surface area (Å²) in [7, 11) is 0. The molecule has 0 aliphatic rings. The zero-order valence-corrected chi connectivity index (χ0v) is 12.6. The van der Waals surface area contributed by atoms with E-state index in [0.29, 0.717) is 0 Å². The average molecular weight is 319 g/mol. The molecule has 2 aromatic carbocycles. The van der Waals surface area contributed by atoms with Crippen LogP contribution in [0.25, 0.3) is 0 Å². The fourth-order valence-electron chi connectivity index (χ4n) is 2.04. The van der Waals surface area contributed by atoms with Crippen LogP contribution in [0.1, 0.15) is 23.7 Å². The van der Waals surface area contributed by atoms with Crippen LogP contribution in [0, 0.1) is 0 Å². The fraction of sp³-hybridized carbons (Fsp3) is 0.294. The van der Waals surface area contributed by atoms with E-state index in [1.165, 1.54) is 11.1 Å². The Labute approximate surface area is 123 Å². The summed E-state index contributed by atoms with van der Waals surface area (Å²) in [6, 6.07) is 20.9. The molecule has 2 rings (SSSR count). The number of hydrogen-bond acceptors (Lipinski definition) is 1. The van der Waals surface area contributed by atoms with Gasteiger partial charge in [-0.15, -0.1) is 0 Å². The van der Waals surface area contributed by atoms with E-state index in [9.17, 15) is 0 Å². The summed E-state index contributed by atoms with van der Waals surface area (Å²) in [5, 5.41) is 0.836. The first-order valence-electron chi connectivity index (χ1n) is 6.66. The molecule has 19 heavy (non-hydrogen) atoms. The van der Waals surface area contributed by atoms with Gasteiger partial charge in [-0.2, -0.15) is 0 Å². The van der Waals surface area contributed by atoms with Crippen LogP contribution in [0.4, 0.5) is 0 Å². The Kier molecular flexibility index (Phi) is 6.12. The zero-order chi connectivity index (χ0) is 13.3. The predicted molar refractivity (Wildman–Crippen MR) is 83.7 cm³/mol. The molecule has 0 bridgehead atoms. The van der Waals surface area contributed by atoms with Gasteiger partial charge in [0.05, 0.1) is 6.10 Å². The van der Waals surface area contributed by atoms with Crippen molar-refractivity contribution >= 4 is 15.9 Å². The van der Waals surface area contributed by atoms with Crippen molar-refractivity contribution in [3.63, 3.8) is 0 Å². The molecule has 0 radical (unpaired) electrons. The Balaban J connectivity index is 1.75. The van der Waals surface area contributed by atoms with Crippen LogP contribution in [-0.2, 0) is 11.2 Å². The Morgan fingerprint density at radius 2 is 1.53 bits per heavy atom.